The first-order chi connectivity index (χ1) is 7.91. The summed E-state index contributed by atoms with van der Waals surface area (Å²) in [7, 11) is 0. The van der Waals surface area contributed by atoms with Crippen LogP contribution in [0.1, 0.15) is 11.3 Å². The molecule has 17 heavy (non-hydrogen) atoms. The minimum Gasteiger partial charge on any atom is -0.546 e. The number of aromatic nitrogens is 1. The van der Waals surface area contributed by atoms with Crippen molar-refractivity contribution in [1.82, 2.24) is 5.16 Å². The van der Waals surface area contributed by atoms with Crippen LogP contribution < -0.4 is 20.7 Å². The predicted octanol–water partition coefficient (Wildman–Crippen LogP) is -3.99. The van der Waals surface area contributed by atoms with Gasteiger partial charge in [-0.1, -0.05) is 0 Å². The van der Waals surface area contributed by atoms with E-state index < -0.39 is 24.6 Å². The second-order valence-corrected chi connectivity index (χ2v) is 3.40. The van der Waals surface area contributed by atoms with E-state index in [4.69, 9.17) is 9.26 Å². The topological polar surface area (TPSA) is 143 Å². The van der Waals surface area contributed by atoms with Crippen molar-refractivity contribution in [2.75, 3.05) is 6.61 Å². The molecule has 3 N–H and O–H groups in total. The molecule has 0 aliphatic rings. The Morgan fingerprint density at radius 2 is 2.18 bits per heavy atom. The van der Waals surface area contributed by atoms with Gasteiger partial charge in [0.15, 0.2) is 0 Å². The number of carbonyl (C=O) groups excluding carboxylic acids is 2. The summed E-state index contributed by atoms with van der Waals surface area (Å²) in [5.74, 6) is -2.46. The van der Waals surface area contributed by atoms with Crippen LogP contribution in [0.3, 0.4) is 0 Å². The highest BCUT2D eigenvalue weighted by Gasteiger charge is 2.19. The van der Waals surface area contributed by atoms with Crippen LogP contribution in [0.15, 0.2) is 4.52 Å². The highest BCUT2D eigenvalue weighted by molar-refractivity contribution is 5.70. The van der Waals surface area contributed by atoms with Gasteiger partial charge < -0.3 is 34.8 Å². The van der Waals surface area contributed by atoms with Crippen LogP contribution in [0.2, 0.25) is 0 Å². The summed E-state index contributed by atoms with van der Waals surface area (Å²) in [6, 6.07) is -1.00. The summed E-state index contributed by atoms with van der Waals surface area (Å²) < 4.78 is 9.57. The molecule has 0 saturated carbocycles. The molecule has 0 fully saturated rings. The van der Waals surface area contributed by atoms with Crippen molar-refractivity contribution in [1.29, 1.82) is 0 Å². The fourth-order valence-corrected chi connectivity index (χ4v) is 1.17. The second-order valence-electron chi connectivity index (χ2n) is 3.40. The fraction of sp³-hybridized carbons (Fsp3) is 0.444. The van der Waals surface area contributed by atoms with E-state index in [0.29, 0.717) is 11.3 Å². The molecule has 1 heterocycles. The van der Waals surface area contributed by atoms with E-state index in [1.165, 1.54) is 0 Å². The van der Waals surface area contributed by atoms with Crippen molar-refractivity contribution in [3.63, 3.8) is 0 Å². The summed E-state index contributed by atoms with van der Waals surface area (Å²) in [5.41, 5.74) is 3.73. The molecule has 1 atom stereocenters. The molecule has 1 rings (SSSR count). The van der Waals surface area contributed by atoms with Gasteiger partial charge in [-0.15, -0.1) is 0 Å². The molecule has 8 heteroatoms. The van der Waals surface area contributed by atoms with Gasteiger partial charge in [0.25, 0.3) is 5.88 Å². The number of quaternary nitrogens is 1. The first-order valence-electron chi connectivity index (χ1n) is 4.73. The van der Waals surface area contributed by atoms with Crippen LogP contribution in [0.5, 0.6) is 5.88 Å². The van der Waals surface area contributed by atoms with Crippen molar-refractivity contribution in [3.8, 4) is 5.88 Å². The smallest absolute Gasteiger partial charge is 0.258 e. The lowest BCUT2D eigenvalue weighted by molar-refractivity contribution is -0.437. The Kier molecular flexibility index (Phi) is 4.05. The van der Waals surface area contributed by atoms with Crippen LogP contribution in [0, 0.1) is 6.92 Å². The number of nitrogens with zero attached hydrogens (tertiary/aromatic N) is 1. The quantitative estimate of drug-likeness (QED) is 0.536. The Hall–Kier alpha value is -2.09. The summed E-state index contributed by atoms with van der Waals surface area (Å²) in [4.78, 5) is 20.8. The summed E-state index contributed by atoms with van der Waals surface area (Å²) >= 11 is 0. The molecular weight excluding hydrogens is 232 g/mol. The van der Waals surface area contributed by atoms with Gasteiger partial charge in [0, 0.05) is 6.42 Å². The van der Waals surface area contributed by atoms with E-state index in [9.17, 15) is 19.8 Å². The van der Waals surface area contributed by atoms with Crippen molar-refractivity contribution in [2.45, 2.75) is 19.4 Å². The molecule has 0 unspecified atom stereocenters. The summed E-state index contributed by atoms with van der Waals surface area (Å²) in [6.07, 6.45) is -0.0138. The molecule has 0 spiro atoms. The molecule has 0 aliphatic carbocycles. The van der Waals surface area contributed by atoms with E-state index in [1.807, 2.05) is 0 Å². The van der Waals surface area contributed by atoms with Crippen molar-refractivity contribution in [3.05, 3.63) is 11.3 Å². The average molecular weight is 243 g/mol. The Morgan fingerprint density at radius 3 is 2.71 bits per heavy atom. The number of carbonyl (C=O) groups is 2. The normalized spacial score (nSPS) is 12.1. The molecule has 1 aromatic rings. The van der Waals surface area contributed by atoms with E-state index in [2.05, 4.69) is 10.9 Å². The summed E-state index contributed by atoms with van der Waals surface area (Å²) in [6.45, 7) is 0.863. The SMILES string of the molecule is Cc1onc(OCC(=O)[O-])c1C[C@H]([NH3+])C(=O)[O-]. The van der Waals surface area contributed by atoms with E-state index in [0.717, 1.165) is 0 Å². The van der Waals surface area contributed by atoms with Gasteiger partial charge >= 0.3 is 0 Å². The minimum absolute atomic E-state index is 0.0138. The van der Waals surface area contributed by atoms with Crippen LogP contribution in [0.25, 0.3) is 0 Å². The number of aryl methyl sites for hydroxylation is 1. The van der Waals surface area contributed by atoms with Crippen LogP contribution >= 0.6 is 0 Å². The predicted molar refractivity (Wildman–Crippen MR) is 47.1 cm³/mol. The van der Waals surface area contributed by atoms with Gasteiger partial charge in [0.1, 0.15) is 18.4 Å². The second kappa shape index (κ2) is 5.30. The van der Waals surface area contributed by atoms with Crippen molar-refractivity contribution >= 4 is 11.9 Å². The van der Waals surface area contributed by atoms with Crippen molar-refractivity contribution < 1.29 is 34.8 Å². The maximum atomic E-state index is 10.5. The maximum Gasteiger partial charge on any atom is 0.258 e. The molecule has 0 amide bonds. The number of carboxylic acid groups (broad SMARTS) is 2. The zero-order valence-corrected chi connectivity index (χ0v) is 9.10. The number of aliphatic carboxylic acids is 2. The average Bonchev–Trinajstić information content (AvgIpc) is 2.57. The van der Waals surface area contributed by atoms with Gasteiger partial charge in [0.05, 0.1) is 17.5 Å². The molecule has 0 radical (unpaired) electrons. The molecular formula is C9H11N2O6-. The molecule has 0 saturated heterocycles. The van der Waals surface area contributed by atoms with Gasteiger partial charge in [0.2, 0.25) is 0 Å². The van der Waals surface area contributed by atoms with Gasteiger partial charge in [-0.05, 0) is 12.1 Å². The first-order valence-corrected chi connectivity index (χ1v) is 4.73. The first kappa shape index (κ1) is 13.0. The van der Waals surface area contributed by atoms with E-state index in [-0.39, 0.29) is 12.3 Å². The number of ether oxygens (including phenoxy) is 1. The van der Waals surface area contributed by atoms with Gasteiger partial charge in [-0.2, -0.15) is 0 Å². The third-order valence-electron chi connectivity index (χ3n) is 2.06. The number of hydrogen-bond acceptors (Lipinski definition) is 7. The monoisotopic (exact) mass is 243 g/mol. The van der Waals surface area contributed by atoms with Crippen LogP contribution in [-0.2, 0) is 16.0 Å². The molecule has 1 aromatic heterocycles. The number of carboxylic acids is 2. The lowest BCUT2D eigenvalue weighted by Gasteiger charge is -2.10. The molecule has 94 valence electrons. The zero-order chi connectivity index (χ0) is 13.0. The largest absolute Gasteiger partial charge is 0.546 e. The third kappa shape index (κ3) is 3.45. The molecule has 8 nitrogen and oxygen atoms in total. The zero-order valence-electron chi connectivity index (χ0n) is 9.10. The number of hydrogen-bond donors (Lipinski definition) is 1. The van der Waals surface area contributed by atoms with Crippen LogP contribution in [0.4, 0.5) is 0 Å². The van der Waals surface area contributed by atoms with Crippen LogP contribution in [-0.4, -0.2) is 29.7 Å². The molecule has 0 aliphatic heterocycles. The van der Waals surface area contributed by atoms with E-state index in [1.54, 1.807) is 6.92 Å². The standard InChI is InChI=1S/C9H12N2O6/c1-4-5(2-6(10)9(14)15)8(11-17-4)16-3-7(12)13/h6H,2-3,10H2,1H3,(H,12,13)(H,14,15)/p-1/t6-/m0/s1. The minimum atomic E-state index is -1.41. The third-order valence-corrected chi connectivity index (χ3v) is 2.06. The summed E-state index contributed by atoms with van der Waals surface area (Å²) in [5, 5.41) is 24.2. The number of rotatable bonds is 6. The Labute approximate surface area is 96.0 Å². The molecule has 0 bridgehead atoms. The Balaban J connectivity index is 2.79. The van der Waals surface area contributed by atoms with Gasteiger partial charge in [-0.3, -0.25) is 0 Å². The highest BCUT2D eigenvalue weighted by Crippen LogP contribution is 2.21. The maximum absolute atomic E-state index is 10.5. The lowest BCUT2D eigenvalue weighted by Crippen LogP contribution is -2.69. The van der Waals surface area contributed by atoms with Crippen molar-refractivity contribution in [2.24, 2.45) is 0 Å². The molecule has 0 aromatic carbocycles. The fourth-order valence-electron chi connectivity index (χ4n) is 1.17. The Morgan fingerprint density at radius 1 is 1.53 bits per heavy atom. The van der Waals surface area contributed by atoms with E-state index >= 15 is 0 Å². The lowest BCUT2D eigenvalue weighted by atomic mass is 10.1. The Bertz CT molecular complexity index is 427. The highest BCUT2D eigenvalue weighted by atomic mass is 16.5. The van der Waals surface area contributed by atoms with Gasteiger partial charge in [-0.25, -0.2) is 0 Å².